The zero-order valence-electron chi connectivity index (χ0n) is 13.7. The lowest BCUT2D eigenvalue weighted by molar-refractivity contribution is 0.339. The van der Waals surface area contributed by atoms with Gasteiger partial charge in [-0.05, 0) is 37.0 Å². The Kier molecular flexibility index (Phi) is 5.43. The van der Waals surface area contributed by atoms with Crippen LogP contribution in [0, 0.1) is 23.2 Å². The van der Waals surface area contributed by atoms with E-state index in [0.717, 1.165) is 35.7 Å². The normalized spacial score (nSPS) is 17.0. The quantitative estimate of drug-likeness (QED) is 0.746. The molecular formula is C20H20N4. The first-order valence-electron chi connectivity index (χ1n) is 8.37. The van der Waals surface area contributed by atoms with E-state index >= 15 is 0 Å². The fourth-order valence-electron chi connectivity index (χ4n) is 2.79. The molecule has 2 heterocycles. The van der Waals surface area contributed by atoms with Gasteiger partial charge in [-0.2, -0.15) is 5.26 Å². The molecule has 0 atom stereocenters. The van der Waals surface area contributed by atoms with E-state index in [2.05, 4.69) is 32.8 Å². The number of aliphatic imine (C=N–C) groups is 2. The monoisotopic (exact) mass is 316 g/mol. The number of hydrogen-bond donors (Lipinski definition) is 0. The maximum atomic E-state index is 8.78. The number of nitrogens with zero attached hydrogens (tertiary/aromatic N) is 4. The Morgan fingerprint density at radius 2 is 2.00 bits per heavy atom. The van der Waals surface area contributed by atoms with Gasteiger partial charge in [0.15, 0.2) is 0 Å². The SMILES string of the molecule is N#CCc1cccc(C#CC2=CN=C(N3CCCCC3)N=CC2)c1. The minimum Gasteiger partial charge on any atom is -0.341 e. The fourth-order valence-corrected chi connectivity index (χ4v) is 2.79. The summed E-state index contributed by atoms with van der Waals surface area (Å²) in [4.78, 5) is 11.3. The van der Waals surface area contributed by atoms with Gasteiger partial charge in [0.25, 0.3) is 0 Å². The van der Waals surface area contributed by atoms with Crippen molar-refractivity contribution in [2.75, 3.05) is 13.1 Å². The van der Waals surface area contributed by atoms with Crippen LogP contribution in [0.4, 0.5) is 0 Å². The summed E-state index contributed by atoms with van der Waals surface area (Å²) >= 11 is 0. The Morgan fingerprint density at radius 3 is 2.83 bits per heavy atom. The largest absolute Gasteiger partial charge is 0.341 e. The molecule has 0 amide bonds. The summed E-state index contributed by atoms with van der Waals surface area (Å²) in [6.07, 6.45) is 8.56. The van der Waals surface area contributed by atoms with Crippen LogP contribution in [0.15, 0.2) is 46.0 Å². The molecule has 0 unspecified atom stereocenters. The van der Waals surface area contributed by atoms with Crippen molar-refractivity contribution in [1.82, 2.24) is 4.90 Å². The van der Waals surface area contributed by atoms with Crippen LogP contribution in [0.1, 0.15) is 36.8 Å². The molecule has 2 aliphatic heterocycles. The number of guanidine groups is 1. The highest BCUT2D eigenvalue weighted by Crippen LogP contribution is 2.12. The Hall–Kier alpha value is -2.85. The third-order valence-electron chi connectivity index (χ3n) is 4.07. The van der Waals surface area contributed by atoms with Crippen LogP contribution in [0.5, 0.6) is 0 Å². The first-order chi connectivity index (χ1) is 11.8. The van der Waals surface area contributed by atoms with E-state index in [4.69, 9.17) is 5.26 Å². The molecule has 1 aromatic carbocycles. The van der Waals surface area contributed by atoms with Crippen LogP contribution >= 0.6 is 0 Å². The molecule has 0 N–H and O–H groups in total. The predicted octanol–water partition coefficient (Wildman–Crippen LogP) is 3.30. The number of hydrogen-bond acceptors (Lipinski definition) is 4. The van der Waals surface area contributed by atoms with Gasteiger partial charge in [0.1, 0.15) is 0 Å². The molecule has 4 nitrogen and oxygen atoms in total. The molecule has 3 rings (SSSR count). The molecule has 0 aliphatic carbocycles. The third kappa shape index (κ3) is 4.33. The molecule has 2 aliphatic rings. The topological polar surface area (TPSA) is 51.8 Å². The summed E-state index contributed by atoms with van der Waals surface area (Å²) in [5.41, 5.74) is 2.87. The molecule has 0 aromatic heterocycles. The number of nitriles is 1. The number of piperidine rings is 1. The zero-order chi connectivity index (χ0) is 16.6. The number of benzene rings is 1. The summed E-state index contributed by atoms with van der Waals surface area (Å²) in [7, 11) is 0. The molecule has 1 saturated heterocycles. The Labute approximate surface area is 143 Å². The molecule has 4 heteroatoms. The van der Waals surface area contributed by atoms with Gasteiger partial charge in [-0.15, -0.1) is 0 Å². The lowest BCUT2D eigenvalue weighted by Crippen LogP contribution is -2.34. The Morgan fingerprint density at radius 1 is 1.12 bits per heavy atom. The maximum absolute atomic E-state index is 8.78. The lowest BCUT2D eigenvalue weighted by Gasteiger charge is -2.26. The third-order valence-corrected chi connectivity index (χ3v) is 4.07. The molecule has 1 fully saturated rings. The van der Waals surface area contributed by atoms with Gasteiger partial charge in [-0.1, -0.05) is 24.0 Å². The molecule has 120 valence electrons. The van der Waals surface area contributed by atoms with Crippen molar-refractivity contribution in [3.05, 3.63) is 47.2 Å². The smallest absolute Gasteiger partial charge is 0.224 e. The first-order valence-corrected chi connectivity index (χ1v) is 8.37. The minimum absolute atomic E-state index is 0.411. The van der Waals surface area contributed by atoms with E-state index in [1.165, 1.54) is 19.3 Å². The molecule has 0 spiro atoms. The van der Waals surface area contributed by atoms with Crippen LogP contribution in [-0.4, -0.2) is 30.2 Å². The predicted molar refractivity (Wildman–Crippen MR) is 96.7 cm³/mol. The van der Waals surface area contributed by atoms with Gasteiger partial charge in [-0.25, -0.2) is 9.98 Å². The van der Waals surface area contributed by atoms with Crippen LogP contribution < -0.4 is 0 Å². The van der Waals surface area contributed by atoms with Crippen molar-refractivity contribution in [2.45, 2.75) is 32.1 Å². The van der Waals surface area contributed by atoms with Crippen LogP contribution in [-0.2, 0) is 6.42 Å². The highest BCUT2D eigenvalue weighted by atomic mass is 15.3. The fraction of sp³-hybridized carbons (Fsp3) is 0.350. The summed E-state index contributed by atoms with van der Waals surface area (Å²) in [6, 6.07) is 9.97. The summed E-state index contributed by atoms with van der Waals surface area (Å²) in [5, 5.41) is 8.78. The van der Waals surface area contributed by atoms with Gasteiger partial charge >= 0.3 is 0 Å². The van der Waals surface area contributed by atoms with Crippen LogP contribution in [0.25, 0.3) is 0 Å². The number of allylic oxidation sites excluding steroid dienone is 1. The lowest BCUT2D eigenvalue weighted by atomic mass is 10.1. The molecule has 1 aromatic rings. The van der Waals surface area contributed by atoms with Gasteiger partial charge < -0.3 is 4.90 Å². The standard InChI is InChI=1S/C20H20N4/c21-11-9-18-6-4-5-17(15-18)7-8-19-10-12-22-20(23-16-19)24-13-2-1-3-14-24/h4-6,12,15-16H,1-3,9-10,13-14H2. The van der Waals surface area contributed by atoms with Gasteiger partial charge in [0, 0.05) is 43.1 Å². The maximum Gasteiger partial charge on any atom is 0.224 e. The molecule has 0 bridgehead atoms. The second kappa shape index (κ2) is 8.13. The van der Waals surface area contributed by atoms with Crippen molar-refractivity contribution in [3.63, 3.8) is 0 Å². The van der Waals surface area contributed by atoms with Crippen molar-refractivity contribution in [1.29, 1.82) is 5.26 Å². The van der Waals surface area contributed by atoms with Crippen LogP contribution in [0.3, 0.4) is 0 Å². The van der Waals surface area contributed by atoms with Crippen molar-refractivity contribution in [3.8, 4) is 17.9 Å². The van der Waals surface area contributed by atoms with Crippen LogP contribution in [0.2, 0.25) is 0 Å². The van der Waals surface area contributed by atoms with E-state index in [9.17, 15) is 0 Å². The van der Waals surface area contributed by atoms with Crippen molar-refractivity contribution >= 4 is 12.2 Å². The van der Waals surface area contributed by atoms with Gasteiger partial charge in [0.05, 0.1) is 12.5 Å². The average molecular weight is 316 g/mol. The Bertz CT molecular complexity index is 778. The highest BCUT2D eigenvalue weighted by Gasteiger charge is 2.14. The second-order valence-electron chi connectivity index (χ2n) is 5.93. The second-order valence-corrected chi connectivity index (χ2v) is 5.93. The molecular weight excluding hydrogens is 296 g/mol. The summed E-state index contributed by atoms with van der Waals surface area (Å²) in [5.74, 6) is 7.15. The van der Waals surface area contributed by atoms with Crippen molar-refractivity contribution < 1.29 is 0 Å². The molecule has 24 heavy (non-hydrogen) atoms. The van der Waals surface area contributed by atoms with E-state index in [-0.39, 0.29) is 0 Å². The van der Waals surface area contributed by atoms with E-state index < -0.39 is 0 Å². The van der Waals surface area contributed by atoms with E-state index in [1.807, 2.05) is 36.7 Å². The summed E-state index contributed by atoms with van der Waals surface area (Å²) < 4.78 is 0. The number of likely N-dealkylation sites (tertiary alicyclic amines) is 1. The molecule has 0 radical (unpaired) electrons. The minimum atomic E-state index is 0.411. The zero-order valence-corrected chi connectivity index (χ0v) is 13.7. The van der Waals surface area contributed by atoms with Crippen molar-refractivity contribution in [2.24, 2.45) is 9.98 Å². The number of rotatable bonds is 1. The first kappa shape index (κ1) is 16.0. The highest BCUT2D eigenvalue weighted by molar-refractivity contribution is 5.90. The van der Waals surface area contributed by atoms with E-state index in [1.54, 1.807) is 0 Å². The van der Waals surface area contributed by atoms with Gasteiger partial charge in [0.2, 0.25) is 5.96 Å². The average Bonchev–Trinajstić information content (AvgIpc) is 2.87. The molecule has 0 saturated carbocycles. The van der Waals surface area contributed by atoms with Gasteiger partial charge in [-0.3, -0.25) is 0 Å². The van der Waals surface area contributed by atoms with E-state index in [0.29, 0.717) is 12.8 Å². The summed E-state index contributed by atoms with van der Waals surface area (Å²) in [6.45, 7) is 2.08. The Balaban J connectivity index is 1.73.